The molecule has 2 aromatic rings. The molecule has 164 valence electrons. The summed E-state index contributed by atoms with van der Waals surface area (Å²) in [5.41, 5.74) is 1.82. The number of anilines is 1. The quantitative estimate of drug-likeness (QED) is 0.655. The van der Waals surface area contributed by atoms with Crippen LogP contribution in [0.3, 0.4) is 0 Å². The average molecular weight is 427 g/mol. The molecule has 0 radical (unpaired) electrons. The highest BCUT2D eigenvalue weighted by molar-refractivity contribution is 5.89. The molecular weight excluding hydrogens is 402 g/mol. The van der Waals surface area contributed by atoms with Crippen LogP contribution in [-0.2, 0) is 23.7 Å². The van der Waals surface area contributed by atoms with Crippen LogP contribution in [0.25, 0.3) is 0 Å². The van der Waals surface area contributed by atoms with E-state index < -0.39 is 11.8 Å². The number of carbonyl (C=O) groups excluding carboxylic acids is 2. The van der Waals surface area contributed by atoms with Gasteiger partial charge in [-0.1, -0.05) is 30.3 Å². The number of hydrogen-bond acceptors (Lipinski definition) is 7. The third-order valence-electron chi connectivity index (χ3n) is 5.41. The van der Waals surface area contributed by atoms with Gasteiger partial charge in [0.25, 0.3) is 5.79 Å². The molecule has 2 heterocycles. The maximum absolute atomic E-state index is 12.1. The van der Waals surface area contributed by atoms with E-state index in [4.69, 9.17) is 23.7 Å². The van der Waals surface area contributed by atoms with E-state index in [1.165, 1.54) is 7.11 Å². The van der Waals surface area contributed by atoms with E-state index in [9.17, 15) is 9.59 Å². The second-order valence-electron chi connectivity index (χ2n) is 7.59. The fourth-order valence-corrected chi connectivity index (χ4v) is 3.56. The highest BCUT2D eigenvalue weighted by atomic mass is 16.7. The van der Waals surface area contributed by atoms with Crippen molar-refractivity contribution >= 4 is 17.7 Å². The second kappa shape index (κ2) is 8.95. The normalized spacial score (nSPS) is 25.7. The summed E-state index contributed by atoms with van der Waals surface area (Å²) in [7, 11) is 1.30. The third-order valence-corrected chi connectivity index (χ3v) is 5.41. The summed E-state index contributed by atoms with van der Waals surface area (Å²) in [5.74, 6) is -1.23. The molecule has 31 heavy (non-hydrogen) atoms. The molecule has 8 nitrogen and oxygen atoms in total. The molecule has 2 aromatic carbocycles. The number of hydrogen-bond donors (Lipinski definition) is 0. The number of benzene rings is 2. The van der Waals surface area contributed by atoms with E-state index in [-0.39, 0.29) is 24.7 Å². The highest BCUT2D eigenvalue weighted by Gasteiger charge is 2.41. The zero-order valence-electron chi connectivity index (χ0n) is 17.5. The van der Waals surface area contributed by atoms with Gasteiger partial charge in [-0.2, -0.15) is 0 Å². The zero-order valence-corrected chi connectivity index (χ0v) is 17.5. The largest absolute Gasteiger partial charge is 0.490 e. The van der Waals surface area contributed by atoms with Gasteiger partial charge in [-0.15, -0.1) is 0 Å². The molecule has 0 aliphatic carbocycles. The number of rotatable bonds is 6. The lowest BCUT2D eigenvalue weighted by molar-refractivity contribution is -0.264. The van der Waals surface area contributed by atoms with Crippen LogP contribution in [-0.4, -0.2) is 57.4 Å². The lowest BCUT2D eigenvalue weighted by Crippen LogP contribution is -2.47. The fraction of sp³-hybridized carbons (Fsp3) is 0.391. The molecule has 0 aromatic heterocycles. The van der Waals surface area contributed by atoms with Gasteiger partial charge in [0.1, 0.15) is 12.4 Å². The summed E-state index contributed by atoms with van der Waals surface area (Å²) in [5, 5.41) is 0. The predicted octanol–water partition coefficient (Wildman–Crippen LogP) is 3.11. The number of carbonyl (C=O) groups is 2. The maximum atomic E-state index is 12.1. The lowest BCUT2D eigenvalue weighted by atomic mass is 9.99. The molecule has 0 spiro atoms. The molecule has 1 amide bonds. The van der Waals surface area contributed by atoms with Gasteiger partial charge in [0.2, 0.25) is 0 Å². The zero-order chi connectivity index (χ0) is 21.8. The van der Waals surface area contributed by atoms with E-state index in [0.29, 0.717) is 25.5 Å². The van der Waals surface area contributed by atoms with Crippen molar-refractivity contribution in [2.45, 2.75) is 24.7 Å². The summed E-state index contributed by atoms with van der Waals surface area (Å²) >= 11 is 0. The standard InChI is InChI=1S/C23H25NO7/c1-23(21(25)27-2)29-13-17(14-30-23)16-8-10-19(11-9-16)28-15-20-12-24(22(26)31-20)18-6-4-3-5-7-18/h3-11,17,20H,12-15H2,1-2H3. The molecule has 2 aliphatic rings. The van der Waals surface area contributed by atoms with Gasteiger partial charge in [-0.3, -0.25) is 4.90 Å². The third kappa shape index (κ3) is 4.65. The topological polar surface area (TPSA) is 83.5 Å². The summed E-state index contributed by atoms with van der Waals surface area (Å²) in [6, 6.07) is 17.0. The second-order valence-corrected chi connectivity index (χ2v) is 7.59. The Morgan fingerprint density at radius 3 is 2.42 bits per heavy atom. The van der Waals surface area contributed by atoms with Crippen molar-refractivity contribution in [2.75, 3.05) is 38.4 Å². The molecule has 0 bridgehead atoms. The summed E-state index contributed by atoms with van der Waals surface area (Å²) in [6.07, 6.45) is -0.713. The number of cyclic esters (lactones) is 1. The molecule has 4 rings (SSSR count). The van der Waals surface area contributed by atoms with E-state index in [1.54, 1.807) is 11.8 Å². The number of esters is 1. The Morgan fingerprint density at radius 2 is 1.77 bits per heavy atom. The van der Waals surface area contributed by atoms with Crippen LogP contribution in [0.2, 0.25) is 0 Å². The van der Waals surface area contributed by atoms with Gasteiger partial charge < -0.3 is 23.7 Å². The first-order valence-electron chi connectivity index (χ1n) is 10.1. The Kier molecular flexibility index (Phi) is 6.11. The first-order valence-corrected chi connectivity index (χ1v) is 10.1. The molecule has 0 saturated carbocycles. The van der Waals surface area contributed by atoms with E-state index in [2.05, 4.69) is 0 Å². The Balaban J connectivity index is 1.28. The number of para-hydroxylation sites is 1. The Hall–Kier alpha value is -3.10. The van der Waals surface area contributed by atoms with Crippen molar-refractivity contribution in [2.24, 2.45) is 0 Å². The molecular formula is C23H25NO7. The van der Waals surface area contributed by atoms with Gasteiger partial charge >= 0.3 is 12.1 Å². The Bertz CT molecular complexity index is 907. The van der Waals surface area contributed by atoms with Crippen LogP contribution in [0.5, 0.6) is 5.75 Å². The number of nitrogens with zero attached hydrogens (tertiary/aromatic N) is 1. The minimum Gasteiger partial charge on any atom is -0.490 e. The monoisotopic (exact) mass is 427 g/mol. The molecule has 8 heteroatoms. The minimum atomic E-state index is -1.36. The van der Waals surface area contributed by atoms with Crippen LogP contribution in [0.15, 0.2) is 54.6 Å². The Morgan fingerprint density at radius 1 is 1.10 bits per heavy atom. The van der Waals surface area contributed by atoms with Crippen LogP contribution in [0.4, 0.5) is 10.5 Å². The van der Waals surface area contributed by atoms with Gasteiger partial charge in [0.05, 0.1) is 26.9 Å². The highest BCUT2D eigenvalue weighted by Crippen LogP contribution is 2.30. The van der Waals surface area contributed by atoms with E-state index in [1.807, 2.05) is 54.6 Å². The fourth-order valence-electron chi connectivity index (χ4n) is 3.56. The minimum absolute atomic E-state index is 0.00185. The van der Waals surface area contributed by atoms with E-state index >= 15 is 0 Å². The number of ether oxygens (including phenoxy) is 5. The summed E-state index contributed by atoms with van der Waals surface area (Å²) in [4.78, 5) is 25.5. The van der Waals surface area contributed by atoms with Gasteiger partial charge in [0, 0.05) is 18.5 Å². The molecule has 2 saturated heterocycles. The number of amides is 1. The van der Waals surface area contributed by atoms with Crippen molar-refractivity contribution in [3.63, 3.8) is 0 Å². The van der Waals surface area contributed by atoms with Gasteiger partial charge in [-0.05, 0) is 29.8 Å². The van der Waals surface area contributed by atoms with Crippen LogP contribution in [0.1, 0.15) is 18.4 Å². The summed E-state index contributed by atoms with van der Waals surface area (Å²) < 4.78 is 27.2. The first-order chi connectivity index (χ1) is 15.0. The van der Waals surface area contributed by atoms with Crippen molar-refractivity contribution in [1.29, 1.82) is 0 Å². The van der Waals surface area contributed by atoms with Crippen LogP contribution in [0, 0.1) is 0 Å². The van der Waals surface area contributed by atoms with Crippen molar-refractivity contribution in [1.82, 2.24) is 0 Å². The van der Waals surface area contributed by atoms with E-state index in [0.717, 1.165) is 11.3 Å². The molecule has 0 N–H and O–H groups in total. The SMILES string of the molecule is COC(=O)C1(C)OCC(c2ccc(OCC3CN(c4ccccc4)C(=O)O3)cc2)CO1. The van der Waals surface area contributed by atoms with Crippen molar-refractivity contribution in [3.8, 4) is 5.75 Å². The van der Waals surface area contributed by atoms with Gasteiger partial charge in [0.15, 0.2) is 6.10 Å². The van der Waals surface area contributed by atoms with Crippen LogP contribution < -0.4 is 9.64 Å². The summed E-state index contributed by atoms with van der Waals surface area (Å²) in [6.45, 7) is 2.96. The van der Waals surface area contributed by atoms with Crippen LogP contribution >= 0.6 is 0 Å². The molecule has 1 atom stereocenters. The maximum Gasteiger partial charge on any atom is 0.414 e. The van der Waals surface area contributed by atoms with Crippen molar-refractivity contribution < 1.29 is 33.3 Å². The molecule has 2 fully saturated rings. The molecule has 1 unspecified atom stereocenters. The average Bonchev–Trinajstić information content (AvgIpc) is 3.19. The van der Waals surface area contributed by atoms with Crippen molar-refractivity contribution in [3.05, 3.63) is 60.2 Å². The number of methoxy groups -OCH3 is 1. The molecule has 2 aliphatic heterocycles. The predicted molar refractivity (Wildman–Crippen MR) is 111 cm³/mol. The Labute approximate surface area is 180 Å². The first kappa shape index (κ1) is 21.1. The lowest BCUT2D eigenvalue weighted by Gasteiger charge is -2.35. The smallest absolute Gasteiger partial charge is 0.414 e. The van der Waals surface area contributed by atoms with Gasteiger partial charge in [-0.25, -0.2) is 9.59 Å².